The number of aromatic hydroxyl groups is 1. The predicted octanol–water partition coefficient (Wildman–Crippen LogP) is 0.967. The number of carboxylic acids is 2. The second-order valence-corrected chi connectivity index (χ2v) is 6.89. The molecule has 0 aliphatic rings. The monoisotopic (exact) mass is 698 g/mol. The number of carbonyl (C=O) groups excluding carboxylic acids is 1. The van der Waals surface area contributed by atoms with Gasteiger partial charge in [0.2, 0.25) is 0 Å². The number of fused-ring (bicyclic) bond motifs is 3. The standard InChI is InChI=1S/C12H8N2.2C7H6O3.2H2O.Pb/c1-3-9-5-6-10-4-2-8-14-12(10)11(9)13-7-1;2*8-6-3-1-2-5(4-6)7(9)10;;;/h1-8H;2*1-4,8H,(H,9,10);2*1H2;/q;;;;;+2/p-2. The number of rotatable bonds is 2. The number of carboxylic acid groups (broad SMARTS) is 2. The van der Waals surface area contributed by atoms with Crippen LogP contribution in [0, 0.1) is 0 Å². The first-order valence-corrected chi connectivity index (χ1v) is 9.94. The third kappa shape index (κ3) is 9.44. The fourth-order valence-electron chi connectivity index (χ4n) is 2.94. The Labute approximate surface area is 231 Å². The Balaban J connectivity index is 0.000000517. The van der Waals surface area contributed by atoms with Gasteiger partial charge in [-0.3, -0.25) is 9.97 Å². The largest absolute Gasteiger partial charge is 2.00 e. The van der Waals surface area contributed by atoms with Crippen LogP contribution in [0.5, 0.6) is 11.5 Å². The molecule has 0 saturated carbocycles. The smallest absolute Gasteiger partial charge is 0.872 e. The Hall–Kier alpha value is -4.14. The topological polar surface area (TPSA) is 210 Å². The van der Waals surface area contributed by atoms with Crippen LogP contribution in [0.1, 0.15) is 20.7 Å². The van der Waals surface area contributed by atoms with Crippen LogP contribution in [0.3, 0.4) is 0 Å². The van der Waals surface area contributed by atoms with E-state index < -0.39 is 11.9 Å². The van der Waals surface area contributed by atoms with Crippen molar-refractivity contribution in [2.75, 3.05) is 0 Å². The molecule has 0 atom stereocenters. The van der Waals surface area contributed by atoms with Crippen LogP contribution in [-0.4, -0.2) is 70.4 Å². The summed E-state index contributed by atoms with van der Waals surface area (Å²) >= 11 is 0. The van der Waals surface area contributed by atoms with Gasteiger partial charge in [0, 0.05) is 28.7 Å². The molecule has 0 saturated heterocycles. The molecule has 3 aromatic carbocycles. The maximum Gasteiger partial charge on any atom is 2.00 e. The molecule has 0 bridgehead atoms. The minimum atomic E-state index is -1.28. The van der Waals surface area contributed by atoms with Gasteiger partial charge in [-0.1, -0.05) is 54.6 Å². The molecule has 0 aliphatic heterocycles. The van der Waals surface area contributed by atoms with Gasteiger partial charge >= 0.3 is 33.3 Å². The van der Waals surface area contributed by atoms with E-state index in [1.165, 1.54) is 36.4 Å². The Morgan fingerprint density at radius 3 is 1.62 bits per heavy atom. The summed E-state index contributed by atoms with van der Waals surface area (Å²) in [7, 11) is 0. The Morgan fingerprint density at radius 2 is 1.22 bits per heavy atom. The zero-order valence-electron chi connectivity index (χ0n) is 19.2. The van der Waals surface area contributed by atoms with Crippen molar-refractivity contribution in [1.82, 2.24) is 9.97 Å². The number of pyridine rings is 2. The summed E-state index contributed by atoms with van der Waals surface area (Å²) in [4.78, 5) is 29.0. The number of phenolic OH excluding ortho intramolecular Hbond substituents is 1. The van der Waals surface area contributed by atoms with Crippen LogP contribution >= 0.6 is 0 Å². The van der Waals surface area contributed by atoms with Crippen molar-refractivity contribution in [3.63, 3.8) is 0 Å². The first-order chi connectivity index (χ1) is 16.3. The zero-order valence-corrected chi connectivity index (χ0v) is 23.0. The predicted molar refractivity (Wildman–Crippen MR) is 135 cm³/mol. The summed E-state index contributed by atoms with van der Waals surface area (Å²) in [6, 6.07) is 22.7. The Morgan fingerprint density at radius 1 is 0.703 bits per heavy atom. The second-order valence-electron chi connectivity index (χ2n) is 6.89. The molecule has 5 rings (SSSR count). The number of benzene rings is 3. The molecule has 2 aromatic heterocycles. The van der Waals surface area contributed by atoms with E-state index in [-0.39, 0.29) is 60.9 Å². The number of hydrogen-bond acceptors (Lipinski definition) is 7. The van der Waals surface area contributed by atoms with Gasteiger partial charge in [-0.15, -0.1) is 5.75 Å². The zero-order chi connectivity index (χ0) is 24.5. The van der Waals surface area contributed by atoms with E-state index in [2.05, 4.69) is 34.2 Å². The van der Waals surface area contributed by atoms with Crippen molar-refractivity contribution in [3.05, 3.63) is 108 Å². The molecule has 2 heterocycles. The van der Waals surface area contributed by atoms with Gasteiger partial charge in [0.1, 0.15) is 5.75 Å². The van der Waals surface area contributed by atoms with Crippen molar-refractivity contribution >= 4 is 61.0 Å². The first-order valence-electron chi connectivity index (χ1n) is 9.94. The van der Waals surface area contributed by atoms with E-state index >= 15 is 0 Å². The van der Waals surface area contributed by atoms with Gasteiger partial charge < -0.3 is 36.2 Å². The van der Waals surface area contributed by atoms with Crippen molar-refractivity contribution < 1.29 is 41.0 Å². The van der Waals surface area contributed by atoms with Crippen LogP contribution in [-0.2, 0) is 0 Å². The fourth-order valence-corrected chi connectivity index (χ4v) is 2.94. The number of aromatic carboxylic acids is 2. The summed E-state index contributed by atoms with van der Waals surface area (Å²) in [5.41, 5.74) is 1.98. The number of aromatic nitrogens is 2. The molecule has 6 N–H and O–H groups in total. The maximum atomic E-state index is 10.5. The maximum absolute atomic E-state index is 10.5. The molecule has 0 aliphatic carbocycles. The Kier molecular flexibility index (Phi) is 14.0. The second kappa shape index (κ2) is 15.8. The van der Waals surface area contributed by atoms with Gasteiger partial charge in [-0.05, 0) is 30.3 Å². The van der Waals surface area contributed by atoms with Crippen LogP contribution in [0.25, 0.3) is 21.8 Å². The van der Waals surface area contributed by atoms with Gasteiger partial charge in [0.15, 0.2) is 0 Å². The van der Waals surface area contributed by atoms with Crippen LogP contribution < -0.4 is 10.2 Å². The van der Waals surface area contributed by atoms with Crippen molar-refractivity contribution in [1.29, 1.82) is 0 Å². The molecule has 0 spiro atoms. The van der Waals surface area contributed by atoms with E-state index in [4.69, 9.17) is 10.2 Å². The van der Waals surface area contributed by atoms with Crippen molar-refractivity contribution in [2.24, 2.45) is 0 Å². The molecule has 188 valence electrons. The number of hydrogen-bond donors (Lipinski definition) is 2. The van der Waals surface area contributed by atoms with E-state index in [9.17, 15) is 19.8 Å². The number of phenols is 1. The summed E-state index contributed by atoms with van der Waals surface area (Å²) < 4.78 is 0. The van der Waals surface area contributed by atoms with Crippen LogP contribution in [0.4, 0.5) is 0 Å². The minimum Gasteiger partial charge on any atom is -0.872 e. The van der Waals surface area contributed by atoms with Gasteiger partial charge in [-0.2, -0.15) is 0 Å². The molecule has 10 nitrogen and oxygen atoms in total. The molecule has 0 fully saturated rings. The normalized spacial score (nSPS) is 9.08. The number of carbonyl (C=O) groups is 2. The molecule has 37 heavy (non-hydrogen) atoms. The Bertz CT molecular complexity index is 1350. The summed E-state index contributed by atoms with van der Waals surface area (Å²) in [5.74, 6) is -2.70. The SMILES string of the molecule is O.O.O=C(O)c1cccc([O-])c1.O=C([O-])c1cccc(O)c1.[Pb+2].c1cnc2c(c1)ccc1cccnc12. The quantitative estimate of drug-likeness (QED) is 0.200. The van der Waals surface area contributed by atoms with E-state index in [1.54, 1.807) is 12.4 Å². The minimum absolute atomic E-state index is 0. The van der Waals surface area contributed by atoms with E-state index in [0.29, 0.717) is 0 Å². The van der Waals surface area contributed by atoms with Crippen LogP contribution in [0.2, 0.25) is 0 Å². The first kappa shape index (κ1) is 32.9. The van der Waals surface area contributed by atoms with Gasteiger partial charge in [0.25, 0.3) is 0 Å². The van der Waals surface area contributed by atoms with Crippen LogP contribution in [0.15, 0.2) is 97.3 Å². The summed E-state index contributed by atoms with van der Waals surface area (Å²) in [6.45, 7) is 0. The molecular weight excluding hydrogens is 675 g/mol. The summed E-state index contributed by atoms with van der Waals surface area (Å²) in [6.07, 6.45) is 3.60. The molecule has 5 aromatic rings. The molecule has 2 radical (unpaired) electrons. The molecule has 0 amide bonds. The van der Waals surface area contributed by atoms with Crippen molar-refractivity contribution in [3.8, 4) is 11.5 Å². The third-order valence-corrected chi connectivity index (χ3v) is 4.51. The third-order valence-electron chi connectivity index (χ3n) is 4.51. The average molecular weight is 698 g/mol. The van der Waals surface area contributed by atoms with E-state index in [0.717, 1.165) is 33.9 Å². The van der Waals surface area contributed by atoms with E-state index in [1.807, 2.05) is 12.1 Å². The van der Waals surface area contributed by atoms with Gasteiger partial charge in [-0.25, -0.2) is 4.79 Å². The fraction of sp³-hybridized carbons (Fsp3) is 0. The van der Waals surface area contributed by atoms with Crippen molar-refractivity contribution in [2.45, 2.75) is 0 Å². The number of nitrogens with zero attached hydrogens (tertiary/aromatic N) is 2. The molecule has 0 unspecified atom stereocenters. The molecule has 11 heteroatoms. The average Bonchev–Trinajstić information content (AvgIpc) is 2.85. The molecular formula is C26H22N2O8Pb. The van der Waals surface area contributed by atoms with Gasteiger partial charge in [0.05, 0.1) is 22.6 Å². The summed E-state index contributed by atoms with van der Waals surface area (Å²) in [5, 5.41) is 40.1.